The highest BCUT2D eigenvalue weighted by Crippen LogP contribution is 2.68. The van der Waals surface area contributed by atoms with E-state index in [-0.39, 0.29) is 71.3 Å². The molecule has 4 aromatic rings. The second-order valence-electron chi connectivity index (χ2n) is 16.6. The highest BCUT2D eigenvalue weighted by Gasteiger charge is 2.65. The largest absolute Gasteiger partial charge is 0.457 e. The van der Waals surface area contributed by atoms with E-state index in [4.69, 9.17) is 4.74 Å². The fourth-order valence-corrected chi connectivity index (χ4v) is 12.0. The van der Waals surface area contributed by atoms with Crippen molar-refractivity contribution in [1.29, 1.82) is 0 Å². The van der Waals surface area contributed by atoms with Crippen LogP contribution in [0.1, 0.15) is 88.9 Å². The molecule has 48 heavy (non-hydrogen) atoms. The molecule has 0 saturated heterocycles. The number of benzene rings is 4. The Morgan fingerprint density at radius 2 is 1.56 bits per heavy atom. The van der Waals surface area contributed by atoms with Crippen LogP contribution in [-0.4, -0.2) is 52.0 Å². The van der Waals surface area contributed by atoms with Gasteiger partial charge in [-0.05, 0) is 130 Å². The zero-order chi connectivity index (χ0) is 33.5. The number of rotatable bonds is 7. The van der Waals surface area contributed by atoms with Gasteiger partial charge in [0.05, 0.1) is 18.3 Å². The number of carbonyl (C=O) groups is 2. The van der Waals surface area contributed by atoms with Gasteiger partial charge in [-0.2, -0.15) is 0 Å². The van der Waals surface area contributed by atoms with Crippen LogP contribution in [0.3, 0.4) is 0 Å². The summed E-state index contributed by atoms with van der Waals surface area (Å²) in [7, 11) is 0. The number of hydrogen-bond donors (Lipinski definition) is 3. The van der Waals surface area contributed by atoms with Crippen molar-refractivity contribution in [3.63, 3.8) is 0 Å². The number of aliphatic hydroxyl groups excluding tert-OH is 3. The van der Waals surface area contributed by atoms with Crippen LogP contribution in [0.2, 0.25) is 0 Å². The lowest BCUT2D eigenvalue weighted by atomic mass is 9.43. The summed E-state index contributed by atoms with van der Waals surface area (Å²) in [6.45, 7) is 6.51. The van der Waals surface area contributed by atoms with Gasteiger partial charge in [-0.1, -0.05) is 75.4 Å². The number of Topliss-reactive ketones (excluding diaryl/α,β-unsaturated/α-hetero) is 1. The van der Waals surface area contributed by atoms with E-state index >= 15 is 0 Å². The molecule has 0 amide bonds. The third-order valence-electron chi connectivity index (χ3n) is 14.5. The van der Waals surface area contributed by atoms with Crippen LogP contribution in [0, 0.1) is 46.3 Å². The normalized spacial score (nSPS) is 36.9. The highest BCUT2D eigenvalue weighted by atomic mass is 16.5. The maximum atomic E-state index is 13.4. The first-order chi connectivity index (χ1) is 23.0. The van der Waals surface area contributed by atoms with Crippen LogP contribution in [0.5, 0.6) is 0 Å². The summed E-state index contributed by atoms with van der Waals surface area (Å²) in [6.07, 6.45) is 5.69. The molecule has 4 saturated carbocycles. The molecular formula is C42H50O6. The summed E-state index contributed by atoms with van der Waals surface area (Å²) in [5.74, 6) is 0.861. The van der Waals surface area contributed by atoms with E-state index in [1.807, 2.05) is 24.3 Å². The molecule has 6 heteroatoms. The number of fused-ring (bicyclic) bond motifs is 5. The van der Waals surface area contributed by atoms with E-state index in [9.17, 15) is 24.9 Å². The molecular weight excluding hydrogens is 600 g/mol. The Kier molecular flexibility index (Phi) is 7.89. The molecule has 0 spiro atoms. The van der Waals surface area contributed by atoms with Gasteiger partial charge in [-0.3, -0.25) is 9.59 Å². The zero-order valence-corrected chi connectivity index (χ0v) is 28.5. The van der Waals surface area contributed by atoms with Crippen molar-refractivity contribution >= 4 is 44.1 Å². The molecule has 4 aliphatic carbocycles. The highest BCUT2D eigenvalue weighted by molar-refractivity contribution is 6.26. The fourth-order valence-electron chi connectivity index (χ4n) is 12.0. The van der Waals surface area contributed by atoms with Crippen molar-refractivity contribution in [2.45, 2.75) is 96.9 Å². The van der Waals surface area contributed by atoms with E-state index in [1.165, 1.54) is 0 Å². The first kappa shape index (κ1) is 32.2. The van der Waals surface area contributed by atoms with Crippen LogP contribution in [0.25, 0.3) is 32.3 Å². The van der Waals surface area contributed by atoms with Crippen LogP contribution < -0.4 is 0 Å². The average molecular weight is 651 g/mol. The lowest BCUT2D eigenvalue weighted by molar-refractivity contribution is -0.207. The van der Waals surface area contributed by atoms with E-state index in [2.05, 4.69) is 51.1 Å². The topological polar surface area (TPSA) is 104 Å². The number of esters is 1. The Labute approximate surface area is 283 Å². The van der Waals surface area contributed by atoms with Gasteiger partial charge in [0, 0.05) is 12.0 Å². The second-order valence-corrected chi connectivity index (χ2v) is 16.6. The Morgan fingerprint density at radius 3 is 2.33 bits per heavy atom. The van der Waals surface area contributed by atoms with Crippen molar-refractivity contribution < 1.29 is 29.6 Å². The number of aliphatic hydroxyl groups is 3. The minimum Gasteiger partial charge on any atom is -0.457 e. The number of ketones is 1. The maximum Gasteiger partial charge on any atom is 0.306 e. The number of ether oxygens (including phenoxy) is 1. The molecule has 6 nitrogen and oxygen atoms in total. The molecule has 0 bridgehead atoms. The van der Waals surface area contributed by atoms with Crippen molar-refractivity contribution in [3.05, 3.63) is 60.2 Å². The minimum absolute atomic E-state index is 0.0495. The summed E-state index contributed by atoms with van der Waals surface area (Å²) in [6, 6.07) is 18.3. The molecule has 3 N–H and O–H groups in total. The Morgan fingerprint density at radius 1 is 0.854 bits per heavy atom. The first-order valence-corrected chi connectivity index (χ1v) is 18.4. The number of hydrogen-bond acceptors (Lipinski definition) is 6. The molecule has 0 radical (unpaired) electrons. The van der Waals surface area contributed by atoms with Gasteiger partial charge < -0.3 is 20.1 Å². The third-order valence-corrected chi connectivity index (χ3v) is 14.5. The monoisotopic (exact) mass is 650 g/mol. The van der Waals surface area contributed by atoms with Crippen LogP contribution >= 0.6 is 0 Å². The molecule has 0 aromatic heterocycles. The summed E-state index contributed by atoms with van der Waals surface area (Å²) in [5.41, 5.74) is 0.313. The van der Waals surface area contributed by atoms with E-state index < -0.39 is 12.2 Å². The van der Waals surface area contributed by atoms with Crippen molar-refractivity contribution in [2.24, 2.45) is 46.3 Å². The fraction of sp³-hybridized carbons (Fsp3) is 0.571. The summed E-state index contributed by atoms with van der Waals surface area (Å²) in [5, 5.41) is 40.3. The van der Waals surface area contributed by atoms with Gasteiger partial charge in [-0.15, -0.1) is 0 Å². The predicted molar refractivity (Wildman–Crippen MR) is 188 cm³/mol. The SMILES string of the molecule is C[C@H](CCC(=O)OCC(=O)c1ccc2ccc3cccc4ccc1c2c34)[C@H]1CC[C@H]2[C@@H]3[C@H](O)C[C@@H]4C[C@H](O)CC[C@]4(C)[C@H]3C[C@H](O)[C@]12C. The summed E-state index contributed by atoms with van der Waals surface area (Å²) in [4.78, 5) is 26.4. The second kappa shape index (κ2) is 11.8. The Balaban J connectivity index is 0.919. The van der Waals surface area contributed by atoms with Gasteiger partial charge >= 0.3 is 5.97 Å². The molecule has 254 valence electrons. The van der Waals surface area contributed by atoms with E-state index in [0.717, 1.165) is 70.8 Å². The van der Waals surface area contributed by atoms with Crippen LogP contribution in [0.15, 0.2) is 54.6 Å². The molecule has 0 heterocycles. The smallest absolute Gasteiger partial charge is 0.306 e. The van der Waals surface area contributed by atoms with Gasteiger partial charge in [0.1, 0.15) is 0 Å². The number of carbonyl (C=O) groups excluding carboxylic acids is 2. The Hall–Kier alpha value is -3.06. The van der Waals surface area contributed by atoms with Gasteiger partial charge in [-0.25, -0.2) is 0 Å². The van der Waals surface area contributed by atoms with E-state index in [0.29, 0.717) is 24.3 Å². The van der Waals surface area contributed by atoms with E-state index in [1.54, 1.807) is 0 Å². The van der Waals surface area contributed by atoms with Crippen molar-refractivity contribution in [1.82, 2.24) is 0 Å². The summed E-state index contributed by atoms with van der Waals surface area (Å²) < 4.78 is 5.58. The Bertz CT molecular complexity index is 1850. The third kappa shape index (κ3) is 4.84. The molecule has 0 aliphatic heterocycles. The quantitative estimate of drug-likeness (QED) is 0.108. The lowest BCUT2D eigenvalue weighted by Gasteiger charge is -2.63. The average Bonchev–Trinajstić information content (AvgIpc) is 3.44. The maximum absolute atomic E-state index is 13.4. The lowest BCUT2D eigenvalue weighted by Crippen LogP contribution is -2.62. The molecule has 8 rings (SSSR count). The summed E-state index contributed by atoms with van der Waals surface area (Å²) >= 11 is 0. The van der Waals surface area contributed by atoms with Gasteiger partial charge in [0.15, 0.2) is 6.61 Å². The molecule has 0 unspecified atom stereocenters. The van der Waals surface area contributed by atoms with Gasteiger partial charge in [0.25, 0.3) is 0 Å². The minimum atomic E-state index is -0.455. The molecule has 11 atom stereocenters. The van der Waals surface area contributed by atoms with Gasteiger partial charge in [0.2, 0.25) is 5.78 Å². The zero-order valence-electron chi connectivity index (χ0n) is 28.5. The predicted octanol–water partition coefficient (Wildman–Crippen LogP) is 7.69. The first-order valence-electron chi connectivity index (χ1n) is 18.4. The molecule has 4 aromatic carbocycles. The van der Waals surface area contributed by atoms with Crippen LogP contribution in [-0.2, 0) is 9.53 Å². The van der Waals surface area contributed by atoms with Crippen LogP contribution in [0.4, 0.5) is 0 Å². The van der Waals surface area contributed by atoms with Crippen molar-refractivity contribution in [3.8, 4) is 0 Å². The van der Waals surface area contributed by atoms with Crippen molar-refractivity contribution in [2.75, 3.05) is 6.61 Å². The standard InChI is InChI=1S/C42H50O6/c1-23(31-14-15-32-40-33(21-36(46)42(31,32)3)41(2)18-17-28(43)19-27(41)20-34(40)44)7-16-37(47)48-22-35(45)29-12-10-26-9-8-24-5-4-6-25-11-13-30(29)39(26)38(24)25/h4-6,8-13,23,27-28,31-34,36,40,43-44,46H,7,14-22H2,1-3H3/t23-,27+,28-,31-,32+,33+,34-,36+,40+,41+,42-/m1/s1. The molecule has 4 fully saturated rings. The molecule has 4 aliphatic rings.